The molecule has 2 aromatic carbocycles. The van der Waals surface area contributed by atoms with E-state index in [0.29, 0.717) is 5.56 Å². The van der Waals surface area contributed by atoms with Crippen LogP contribution in [0.25, 0.3) is 11.1 Å². The van der Waals surface area contributed by atoms with Gasteiger partial charge in [-0.15, -0.1) is 0 Å². The molecule has 0 aliphatic carbocycles. The first-order valence-corrected chi connectivity index (χ1v) is 8.16. The van der Waals surface area contributed by atoms with Gasteiger partial charge >= 0.3 is 6.09 Å². The lowest BCUT2D eigenvalue weighted by Gasteiger charge is -2.25. The molecule has 0 aromatic heterocycles. The van der Waals surface area contributed by atoms with Crippen LogP contribution < -0.4 is 0 Å². The average molecular weight is 366 g/mol. The number of benzene rings is 2. The molecule has 2 rings (SSSR count). The Labute approximate surface area is 151 Å². The molecule has 0 unspecified atom stereocenters. The van der Waals surface area contributed by atoms with Gasteiger partial charge in [-0.3, -0.25) is 0 Å². The van der Waals surface area contributed by atoms with Crippen LogP contribution in [0.3, 0.4) is 0 Å². The fourth-order valence-electron chi connectivity index (χ4n) is 2.32. The third kappa shape index (κ3) is 4.86. The number of halogens is 2. The van der Waals surface area contributed by atoms with E-state index in [1.165, 1.54) is 17.0 Å². The van der Waals surface area contributed by atoms with Crippen LogP contribution in [0.15, 0.2) is 36.4 Å². The Bertz CT molecular complexity index is 763. The summed E-state index contributed by atoms with van der Waals surface area (Å²) in [6.45, 7) is 5.68. The molecule has 2 aromatic rings. The number of phenols is 1. The van der Waals surface area contributed by atoms with Crippen LogP contribution in [-0.4, -0.2) is 28.7 Å². The van der Waals surface area contributed by atoms with Crippen molar-refractivity contribution in [2.75, 3.05) is 7.05 Å². The first kappa shape index (κ1) is 19.1. The summed E-state index contributed by atoms with van der Waals surface area (Å²) < 4.78 is 19.2. The molecule has 1 amide bonds. The van der Waals surface area contributed by atoms with Crippen molar-refractivity contribution >= 4 is 17.7 Å². The first-order chi connectivity index (χ1) is 11.6. The minimum atomic E-state index is -0.794. The van der Waals surface area contributed by atoms with Crippen LogP contribution >= 0.6 is 11.6 Å². The van der Waals surface area contributed by atoms with Gasteiger partial charge in [-0.2, -0.15) is 0 Å². The monoisotopic (exact) mass is 365 g/mol. The molecule has 0 aliphatic rings. The molecular weight excluding hydrogens is 345 g/mol. The third-order valence-electron chi connectivity index (χ3n) is 3.46. The summed E-state index contributed by atoms with van der Waals surface area (Å²) in [6, 6.07) is 10.0. The van der Waals surface area contributed by atoms with Crippen LogP contribution in [-0.2, 0) is 11.3 Å². The Hall–Kier alpha value is -2.27. The Morgan fingerprint density at radius 1 is 1.28 bits per heavy atom. The molecule has 0 bridgehead atoms. The summed E-state index contributed by atoms with van der Waals surface area (Å²) in [4.78, 5) is 13.6. The molecule has 0 heterocycles. The molecule has 0 aliphatic heterocycles. The predicted octanol–water partition coefficient (Wildman–Crippen LogP) is 5.22. The molecule has 0 saturated carbocycles. The van der Waals surface area contributed by atoms with E-state index >= 15 is 0 Å². The van der Waals surface area contributed by atoms with Crippen LogP contribution in [0, 0.1) is 5.82 Å². The highest BCUT2D eigenvalue weighted by atomic mass is 35.5. The second-order valence-corrected chi connectivity index (χ2v) is 7.19. The van der Waals surface area contributed by atoms with Gasteiger partial charge in [0.05, 0.1) is 5.02 Å². The highest BCUT2D eigenvalue weighted by Crippen LogP contribution is 2.34. The SMILES string of the molecule is CN(Cc1ccccc1-c1cc(F)c(O)c(Cl)c1)C(=O)OC(C)(C)C. The molecule has 0 saturated heterocycles. The lowest BCUT2D eigenvalue weighted by molar-refractivity contribution is 0.0285. The quantitative estimate of drug-likeness (QED) is 0.811. The number of hydrogen-bond donors (Lipinski definition) is 1. The van der Waals surface area contributed by atoms with Crippen LogP contribution in [0.4, 0.5) is 9.18 Å². The topological polar surface area (TPSA) is 49.8 Å². The molecule has 0 spiro atoms. The number of rotatable bonds is 3. The average Bonchev–Trinajstić information content (AvgIpc) is 2.51. The minimum Gasteiger partial charge on any atom is -0.504 e. The molecular formula is C19H21ClFNO3. The maximum Gasteiger partial charge on any atom is 0.410 e. The van der Waals surface area contributed by atoms with Crippen molar-refractivity contribution in [3.8, 4) is 16.9 Å². The highest BCUT2D eigenvalue weighted by Gasteiger charge is 2.20. The first-order valence-electron chi connectivity index (χ1n) is 7.79. The Kier molecular flexibility index (Phi) is 5.58. The van der Waals surface area contributed by atoms with Crippen molar-refractivity contribution in [1.82, 2.24) is 4.90 Å². The van der Waals surface area contributed by atoms with Gasteiger partial charge in [-0.25, -0.2) is 9.18 Å². The van der Waals surface area contributed by atoms with E-state index in [2.05, 4.69) is 0 Å². The summed E-state index contributed by atoms with van der Waals surface area (Å²) in [5.41, 5.74) is 1.46. The zero-order valence-electron chi connectivity index (χ0n) is 14.6. The molecule has 25 heavy (non-hydrogen) atoms. The van der Waals surface area contributed by atoms with E-state index < -0.39 is 23.3 Å². The zero-order chi connectivity index (χ0) is 18.8. The Balaban J connectivity index is 2.31. The van der Waals surface area contributed by atoms with E-state index in [0.717, 1.165) is 11.1 Å². The number of carbonyl (C=O) groups is 1. The lowest BCUT2D eigenvalue weighted by Crippen LogP contribution is -2.33. The number of phenolic OH excluding ortho intramolecular Hbond substituents is 1. The summed E-state index contributed by atoms with van der Waals surface area (Å²) in [5.74, 6) is -1.37. The van der Waals surface area contributed by atoms with Crippen molar-refractivity contribution < 1.29 is 19.0 Å². The molecule has 0 radical (unpaired) electrons. The van der Waals surface area contributed by atoms with Gasteiger partial charge in [0, 0.05) is 13.6 Å². The second-order valence-electron chi connectivity index (χ2n) is 6.78. The second kappa shape index (κ2) is 7.31. The zero-order valence-corrected chi connectivity index (χ0v) is 15.4. The van der Waals surface area contributed by atoms with E-state index in [1.54, 1.807) is 33.9 Å². The Morgan fingerprint density at radius 2 is 1.92 bits per heavy atom. The highest BCUT2D eigenvalue weighted by molar-refractivity contribution is 6.32. The summed E-state index contributed by atoms with van der Waals surface area (Å²) in [6.07, 6.45) is -0.447. The maximum absolute atomic E-state index is 13.8. The van der Waals surface area contributed by atoms with Gasteiger partial charge in [-0.1, -0.05) is 35.9 Å². The van der Waals surface area contributed by atoms with Gasteiger partial charge in [0.1, 0.15) is 5.60 Å². The van der Waals surface area contributed by atoms with E-state index in [4.69, 9.17) is 16.3 Å². The predicted molar refractivity (Wildman–Crippen MR) is 96.2 cm³/mol. The normalized spacial score (nSPS) is 11.3. The third-order valence-corrected chi connectivity index (χ3v) is 3.75. The van der Waals surface area contributed by atoms with Crippen LogP contribution in [0.5, 0.6) is 5.75 Å². The van der Waals surface area contributed by atoms with Gasteiger partial charge in [0.2, 0.25) is 0 Å². The number of nitrogens with zero attached hydrogens (tertiary/aromatic N) is 1. The van der Waals surface area contributed by atoms with Crippen molar-refractivity contribution in [2.24, 2.45) is 0 Å². The van der Waals surface area contributed by atoms with Gasteiger partial charge in [-0.05, 0) is 49.6 Å². The van der Waals surface area contributed by atoms with Gasteiger partial charge in [0.15, 0.2) is 11.6 Å². The standard InChI is InChI=1S/C19H21ClFNO3/c1-19(2,3)25-18(24)22(4)11-12-7-5-6-8-14(12)13-9-15(20)17(23)16(21)10-13/h5-10,23H,11H2,1-4H3. The fraction of sp³-hybridized carbons (Fsp3) is 0.316. The molecule has 1 N–H and O–H groups in total. The number of aromatic hydroxyl groups is 1. The number of carbonyl (C=O) groups excluding carboxylic acids is 1. The van der Waals surface area contributed by atoms with E-state index in [1.807, 2.05) is 18.2 Å². The molecule has 0 fully saturated rings. The summed E-state index contributed by atoms with van der Waals surface area (Å²) in [5, 5.41) is 9.43. The number of ether oxygens (including phenoxy) is 1. The largest absolute Gasteiger partial charge is 0.504 e. The van der Waals surface area contributed by atoms with Crippen molar-refractivity contribution in [3.05, 3.63) is 52.8 Å². The van der Waals surface area contributed by atoms with Gasteiger partial charge < -0.3 is 14.7 Å². The molecule has 0 atom stereocenters. The summed E-state index contributed by atoms with van der Waals surface area (Å²) in [7, 11) is 1.63. The van der Waals surface area contributed by atoms with Crippen molar-refractivity contribution in [1.29, 1.82) is 0 Å². The van der Waals surface area contributed by atoms with Crippen LogP contribution in [0.1, 0.15) is 26.3 Å². The molecule has 4 nitrogen and oxygen atoms in total. The smallest absolute Gasteiger partial charge is 0.410 e. The number of amides is 1. The van der Waals surface area contributed by atoms with Crippen molar-refractivity contribution in [2.45, 2.75) is 32.9 Å². The van der Waals surface area contributed by atoms with E-state index in [9.17, 15) is 14.3 Å². The number of hydrogen-bond acceptors (Lipinski definition) is 3. The maximum atomic E-state index is 13.8. The Morgan fingerprint density at radius 3 is 2.52 bits per heavy atom. The van der Waals surface area contributed by atoms with Crippen molar-refractivity contribution in [3.63, 3.8) is 0 Å². The van der Waals surface area contributed by atoms with Gasteiger partial charge in [0.25, 0.3) is 0 Å². The fourth-order valence-corrected chi connectivity index (χ4v) is 2.53. The summed E-state index contributed by atoms with van der Waals surface area (Å²) >= 11 is 5.88. The van der Waals surface area contributed by atoms with E-state index in [-0.39, 0.29) is 11.6 Å². The van der Waals surface area contributed by atoms with Crippen LogP contribution in [0.2, 0.25) is 5.02 Å². The molecule has 134 valence electrons. The minimum absolute atomic E-state index is 0.0645. The lowest BCUT2D eigenvalue weighted by atomic mass is 9.99. The molecule has 6 heteroatoms.